The van der Waals surface area contributed by atoms with Gasteiger partial charge in [0.15, 0.2) is 0 Å². The Bertz CT molecular complexity index is 392. The van der Waals surface area contributed by atoms with Crippen LogP contribution in [0.15, 0.2) is 29.2 Å². The van der Waals surface area contributed by atoms with Gasteiger partial charge in [-0.2, -0.15) is 0 Å². The largest absolute Gasteiger partial charge is 0.379 e. The van der Waals surface area contributed by atoms with Crippen molar-refractivity contribution in [3.05, 3.63) is 29.8 Å². The molecule has 20 heavy (non-hydrogen) atoms. The Hall–Kier alpha value is -0.510. The second-order valence-corrected chi connectivity index (χ2v) is 6.60. The third-order valence-corrected chi connectivity index (χ3v) is 4.55. The summed E-state index contributed by atoms with van der Waals surface area (Å²) in [5.74, 6) is 0. The number of hydrogen-bond acceptors (Lipinski definition) is 3. The molecule has 0 spiro atoms. The average Bonchev–Trinajstić information content (AvgIpc) is 2.47. The lowest BCUT2D eigenvalue weighted by Crippen LogP contribution is -2.28. The Morgan fingerprint density at radius 2 is 2.00 bits per heavy atom. The van der Waals surface area contributed by atoms with E-state index in [9.17, 15) is 0 Å². The van der Waals surface area contributed by atoms with Crippen LogP contribution in [0.3, 0.4) is 0 Å². The lowest BCUT2D eigenvalue weighted by atomic mass is 9.94. The minimum atomic E-state index is -0.0551. The van der Waals surface area contributed by atoms with Gasteiger partial charge in [-0.3, -0.25) is 0 Å². The molecule has 1 aromatic carbocycles. The molecule has 3 heteroatoms. The molecule has 1 rings (SSSR count). The summed E-state index contributed by atoms with van der Waals surface area (Å²) < 4.78 is 5.55. The highest BCUT2D eigenvalue weighted by atomic mass is 32.2. The number of thioether (sulfide) groups is 1. The normalized spacial score (nSPS) is 13.4. The first-order valence-electron chi connectivity index (χ1n) is 7.45. The molecule has 114 valence electrons. The summed E-state index contributed by atoms with van der Waals surface area (Å²) in [4.78, 5) is 1.37. The quantitative estimate of drug-likeness (QED) is 0.670. The molecule has 0 amide bonds. The van der Waals surface area contributed by atoms with E-state index in [4.69, 9.17) is 4.74 Å². The number of hydrogen-bond donors (Lipinski definition) is 1. The molecule has 1 atom stereocenters. The number of nitrogens with one attached hydrogen (secondary N) is 1. The number of methoxy groups -OCH3 is 1. The van der Waals surface area contributed by atoms with Gasteiger partial charge in [0, 0.05) is 18.0 Å². The fourth-order valence-electron chi connectivity index (χ4n) is 2.23. The summed E-state index contributed by atoms with van der Waals surface area (Å²) in [7, 11) is 1.80. The van der Waals surface area contributed by atoms with Crippen LogP contribution in [0.25, 0.3) is 0 Å². The van der Waals surface area contributed by atoms with Gasteiger partial charge in [-0.05, 0) is 57.5 Å². The van der Waals surface area contributed by atoms with Crippen LogP contribution >= 0.6 is 11.8 Å². The molecule has 0 saturated heterocycles. The zero-order valence-corrected chi connectivity index (χ0v) is 14.3. The highest BCUT2D eigenvalue weighted by Crippen LogP contribution is 2.30. The van der Waals surface area contributed by atoms with Gasteiger partial charge in [-0.1, -0.05) is 25.1 Å². The number of benzene rings is 1. The Labute approximate surface area is 128 Å². The SMILES string of the molecule is CCCNC(CCC(C)(C)OC)c1ccccc1SC. The zero-order valence-electron chi connectivity index (χ0n) is 13.5. The fraction of sp³-hybridized carbons (Fsp3) is 0.647. The summed E-state index contributed by atoms with van der Waals surface area (Å²) in [6, 6.07) is 9.12. The summed E-state index contributed by atoms with van der Waals surface area (Å²) in [6.45, 7) is 7.58. The monoisotopic (exact) mass is 295 g/mol. The fourth-order valence-corrected chi connectivity index (χ4v) is 2.90. The molecule has 0 aromatic heterocycles. The Morgan fingerprint density at radius 3 is 2.60 bits per heavy atom. The Morgan fingerprint density at radius 1 is 1.30 bits per heavy atom. The maximum atomic E-state index is 5.55. The van der Waals surface area contributed by atoms with E-state index in [1.807, 2.05) is 11.8 Å². The summed E-state index contributed by atoms with van der Waals surface area (Å²) in [5.41, 5.74) is 1.36. The highest BCUT2D eigenvalue weighted by molar-refractivity contribution is 7.98. The molecule has 0 saturated carbocycles. The predicted molar refractivity (Wildman–Crippen MR) is 89.6 cm³/mol. The van der Waals surface area contributed by atoms with E-state index in [-0.39, 0.29) is 5.60 Å². The van der Waals surface area contributed by atoms with Crippen LogP contribution in [0.1, 0.15) is 51.6 Å². The molecule has 0 bridgehead atoms. The van der Waals surface area contributed by atoms with Crippen molar-refractivity contribution in [2.45, 2.75) is 56.6 Å². The van der Waals surface area contributed by atoms with Gasteiger partial charge in [0.1, 0.15) is 0 Å². The van der Waals surface area contributed by atoms with Crippen molar-refractivity contribution >= 4 is 11.8 Å². The molecular weight excluding hydrogens is 266 g/mol. The van der Waals surface area contributed by atoms with E-state index >= 15 is 0 Å². The minimum absolute atomic E-state index is 0.0551. The van der Waals surface area contributed by atoms with Crippen molar-refractivity contribution in [3.8, 4) is 0 Å². The first kappa shape index (κ1) is 17.5. The maximum absolute atomic E-state index is 5.55. The van der Waals surface area contributed by atoms with Crippen molar-refractivity contribution in [1.82, 2.24) is 5.32 Å². The van der Waals surface area contributed by atoms with Crippen molar-refractivity contribution in [1.29, 1.82) is 0 Å². The van der Waals surface area contributed by atoms with E-state index < -0.39 is 0 Å². The third-order valence-electron chi connectivity index (χ3n) is 3.74. The average molecular weight is 295 g/mol. The molecule has 2 nitrogen and oxygen atoms in total. The molecule has 0 aliphatic heterocycles. The van der Waals surface area contributed by atoms with Crippen LogP contribution in [-0.2, 0) is 4.74 Å². The first-order chi connectivity index (χ1) is 9.54. The van der Waals surface area contributed by atoms with Gasteiger partial charge in [-0.15, -0.1) is 11.8 Å². The van der Waals surface area contributed by atoms with E-state index in [0.717, 1.165) is 25.8 Å². The van der Waals surface area contributed by atoms with Crippen LogP contribution < -0.4 is 5.32 Å². The van der Waals surface area contributed by atoms with E-state index in [2.05, 4.69) is 56.6 Å². The van der Waals surface area contributed by atoms with Crippen LogP contribution in [0.4, 0.5) is 0 Å². The molecule has 0 aliphatic carbocycles. The van der Waals surface area contributed by atoms with Crippen molar-refractivity contribution < 1.29 is 4.74 Å². The lowest BCUT2D eigenvalue weighted by Gasteiger charge is -2.27. The van der Waals surface area contributed by atoms with Crippen LogP contribution in [0, 0.1) is 0 Å². The first-order valence-corrected chi connectivity index (χ1v) is 8.68. The maximum Gasteiger partial charge on any atom is 0.0623 e. The number of ether oxygens (including phenoxy) is 1. The minimum Gasteiger partial charge on any atom is -0.379 e. The smallest absolute Gasteiger partial charge is 0.0623 e. The summed E-state index contributed by atoms with van der Waals surface area (Å²) in [6.07, 6.45) is 5.45. The molecule has 1 unspecified atom stereocenters. The van der Waals surface area contributed by atoms with Crippen molar-refractivity contribution in [3.63, 3.8) is 0 Å². The molecule has 0 aliphatic rings. The predicted octanol–water partition coefficient (Wildman–Crippen LogP) is 4.65. The Kier molecular flexibility index (Phi) is 7.63. The van der Waals surface area contributed by atoms with Gasteiger partial charge in [0.25, 0.3) is 0 Å². The van der Waals surface area contributed by atoms with Crippen LogP contribution in [-0.4, -0.2) is 25.5 Å². The van der Waals surface area contributed by atoms with Gasteiger partial charge >= 0.3 is 0 Å². The third kappa shape index (κ3) is 5.47. The van der Waals surface area contributed by atoms with E-state index in [1.165, 1.54) is 10.5 Å². The topological polar surface area (TPSA) is 21.3 Å². The lowest BCUT2D eigenvalue weighted by molar-refractivity contribution is 0.0116. The summed E-state index contributed by atoms with van der Waals surface area (Å²) >= 11 is 1.83. The van der Waals surface area contributed by atoms with E-state index in [0.29, 0.717) is 6.04 Å². The molecular formula is C17H29NOS. The van der Waals surface area contributed by atoms with Gasteiger partial charge in [0.05, 0.1) is 5.60 Å². The summed E-state index contributed by atoms with van der Waals surface area (Å²) in [5, 5.41) is 3.69. The number of rotatable bonds is 9. The molecule has 1 aromatic rings. The Balaban J connectivity index is 2.82. The van der Waals surface area contributed by atoms with Crippen LogP contribution in [0.2, 0.25) is 0 Å². The van der Waals surface area contributed by atoms with Crippen molar-refractivity contribution in [2.24, 2.45) is 0 Å². The second-order valence-electron chi connectivity index (χ2n) is 5.75. The molecule has 0 radical (unpaired) electrons. The van der Waals surface area contributed by atoms with Gasteiger partial charge < -0.3 is 10.1 Å². The highest BCUT2D eigenvalue weighted by Gasteiger charge is 2.21. The van der Waals surface area contributed by atoms with E-state index in [1.54, 1.807) is 7.11 Å². The molecule has 0 heterocycles. The standard InChI is InChI=1S/C17H29NOS/c1-6-13-18-15(11-12-17(2,3)19-4)14-9-7-8-10-16(14)20-5/h7-10,15,18H,6,11-13H2,1-5H3. The zero-order chi connectivity index (χ0) is 15.0. The van der Waals surface area contributed by atoms with Crippen LogP contribution in [0.5, 0.6) is 0 Å². The van der Waals surface area contributed by atoms with Crippen molar-refractivity contribution in [2.75, 3.05) is 19.9 Å². The second kappa shape index (κ2) is 8.71. The van der Waals surface area contributed by atoms with Gasteiger partial charge in [-0.25, -0.2) is 0 Å². The molecule has 0 fully saturated rings. The van der Waals surface area contributed by atoms with Gasteiger partial charge in [0.2, 0.25) is 0 Å². The molecule has 1 N–H and O–H groups in total.